The molecule has 1 unspecified atom stereocenters. The van der Waals surface area contributed by atoms with Crippen molar-refractivity contribution in [3.05, 3.63) is 34.9 Å². The molecule has 2 amide bonds. The van der Waals surface area contributed by atoms with Crippen molar-refractivity contribution in [2.45, 2.75) is 64.3 Å². The first-order chi connectivity index (χ1) is 11.6. The van der Waals surface area contributed by atoms with E-state index in [1.165, 1.54) is 24.0 Å². The minimum Gasteiger partial charge on any atom is -0.341 e. The Balaban J connectivity index is 1.62. The third-order valence-electron chi connectivity index (χ3n) is 5.31. The summed E-state index contributed by atoms with van der Waals surface area (Å²) in [5.74, 6) is -0.844. The predicted molar refractivity (Wildman–Crippen MR) is 94.7 cm³/mol. The molecule has 0 bridgehead atoms. The second-order valence-electron chi connectivity index (χ2n) is 7.14. The molecule has 130 valence electrons. The topological polar surface area (TPSA) is 49.4 Å². The summed E-state index contributed by atoms with van der Waals surface area (Å²) in [4.78, 5) is 26.4. The van der Waals surface area contributed by atoms with Crippen LogP contribution in [0.25, 0.3) is 0 Å². The standard InChI is InChI=1S/C20H28N2O2/c1-15(17-11-10-16-8-4-5-9-18(16)14-17)21-19(23)20(24)22-12-6-2-3-7-13-22/h10-11,14-15H,2-9,12-13H2,1H3,(H,21,23). The van der Waals surface area contributed by atoms with Gasteiger partial charge in [0.1, 0.15) is 0 Å². The number of aryl methyl sites for hydroxylation is 2. The molecule has 1 saturated heterocycles. The van der Waals surface area contributed by atoms with Crippen molar-refractivity contribution < 1.29 is 9.59 Å². The molecule has 2 aliphatic rings. The monoisotopic (exact) mass is 328 g/mol. The lowest BCUT2D eigenvalue weighted by Crippen LogP contribution is -2.44. The molecule has 0 radical (unpaired) electrons. The van der Waals surface area contributed by atoms with Gasteiger partial charge in [0.2, 0.25) is 0 Å². The van der Waals surface area contributed by atoms with E-state index in [9.17, 15) is 9.59 Å². The van der Waals surface area contributed by atoms with Gasteiger partial charge in [-0.3, -0.25) is 9.59 Å². The molecule has 0 saturated carbocycles. The highest BCUT2D eigenvalue weighted by Gasteiger charge is 2.24. The maximum Gasteiger partial charge on any atom is 0.311 e. The normalized spacial score (nSPS) is 19.1. The Kier molecular flexibility index (Phi) is 5.54. The fourth-order valence-corrected chi connectivity index (χ4v) is 3.78. The Hall–Kier alpha value is -1.84. The Labute approximate surface area is 144 Å². The lowest BCUT2D eigenvalue weighted by Gasteiger charge is -2.22. The van der Waals surface area contributed by atoms with Crippen LogP contribution in [0.3, 0.4) is 0 Å². The van der Waals surface area contributed by atoms with Gasteiger partial charge in [0.15, 0.2) is 0 Å². The van der Waals surface area contributed by atoms with Gasteiger partial charge < -0.3 is 10.2 Å². The SMILES string of the molecule is CC(NC(=O)C(=O)N1CCCCCC1)c1ccc2c(c1)CCCC2. The molecule has 1 aromatic carbocycles. The van der Waals surface area contributed by atoms with Crippen LogP contribution in [-0.2, 0) is 22.4 Å². The van der Waals surface area contributed by atoms with E-state index < -0.39 is 5.91 Å². The zero-order valence-corrected chi connectivity index (χ0v) is 14.6. The van der Waals surface area contributed by atoms with E-state index in [2.05, 4.69) is 23.5 Å². The van der Waals surface area contributed by atoms with Crippen LogP contribution in [-0.4, -0.2) is 29.8 Å². The maximum absolute atomic E-state index is 12.4. The molecular weight excluding hydrogens is 300 g/mol. The van der Waals surface area contributed by atoms with Gasteiger partial charge in [-0.05, 0) is 62.1 Å². The van der Waals surface area contributed by atoms with E-state index in [-0.39, 0.29) is 11.9 Å². The number of hydrogen-bond acceptors (Lipinski definition) is 2. The Bertz CT molecular complexity index is 604. The van der Waals surface area contributed by atoms with E-state index in [4.69, 9.17) is 0 Å². The number of fused-ring (bicyclic) bond motifs is 1. The maximum atomic E-state index is 12.4. The van der Waals surface area contributed by atoms with Crippen LogP contribution in [0.2, 0.25) is 0 Å². The zero-order valence-electron chi connectivity index (χ0n) is 14.6. The van der Waals surface area contributed by atoms with E-state index >= 15 is 0 Å². The lowest BCUT2D eigenvalue weighted by molar-refractivity contribution is -0.146. The molecule has 24 heavy (non-hydrogen) atoms. The van der Waals surface area contributed by atoms with Gasteiger partial charge in [-0.25, -0.2) is 0 Å². The largest absolute Gasteiger partial charge is 0.341 e. The number of benzene rings is 1. The second-order valence-corrected chi connectivity index (χ2v) is 7.14. The molecule has 1 aliphatic heterocycles. The average molecular weight is 328 g/mol. The first kappa shape index (κ1) is 17.0. The van der Waals surface area contributed by atoms with Gasteiger partial charge in [0.25, 0.3) is 0 Å². The highest BCUT2D eigenvalue weighted by molar-refractivity contribution is 6.35. The fourth-order valence-electron chi connectivity index (χ4n) is 3.78. The average Bonchev–Trinajstić information content (AvgIpc) is 2.89. The third kappa shape index (κ3) is 3.97. The molecule has 0 aromatic heterocycles. The van der Waals surface area contributed by atoms with E-state index in [0.29, 0.717) is 13.1 Å². The van der Waals surface area contributed by atoms with Crippen molar-refractivity contribution in [1.29, 1.82) is 0 Å². The van der Waals surface area contributed by atoms with Gasteiger partial charge in [-0.1, -0.05) is 31.0 Å². The van der Waals surface area contributed by atoms with Gasteiger partial charge in [-0.15, -0.1) is 0 Å². The highest BCUT2D eigenvalue weighted by Crippen LogP contribution is 2.24. The number of nitrogens with one attached hydrogen (secondary N) is 1. The van der Waals surface area contributed by atoms with Crippen LogP contribution in [0.4, 0.5) is 0 Å². The van der Waals surface area contributed by atoms with Gasteiger partial charge in [0.05, 0.1) is 6.04 Å². The molecule has 3 rings (SSSR count). The van der Waals surface area contributed by atoms with Crippen molar-refractivity contribution >= 4 is 11.8 Å². The van der Waals surface area contributed by atoms with Crippen LogP contribution in [0.5, 0.6) is 0 Å². The van der Waals surface area contributed by atoms with Crippen LogP contribution in [0, 0.1) is 0 Å². The van der Waals surface area contributed by atoms with Gasteiger partial charge in [0, 0.05) is 13.1 Å². The number of rotatable bonds is 2. The van der Waals surface area contributed by atoms with Crippen molar-refractivity contribution in [2.24, 2.45) is 0 Å². The summed E-state index contributed by atoms with van der Waals surface area (Å²) in [6.07, 6.45) is 9.08. The molecule has 1 fully saturated rings. The first-order valence-electron chi connectivity index (χ1n) is 9.36. The smallest absolute Gasteiger partial charge is 0.311 e. The third-order valence-corrected chi connectivity index (χ3v) is 5.31. The summed E-state index contributed by atoms with van der Waals surface area (Å²) in [5.41, 5.74) is 3.93. The minimum absolute atomic E-state index is 0.138. The summed E-state index contributed by atoms with van der Waals surface area (Å²) >= 11 is 0. The summed E-state index contributed by atoms with van der Waals surface area (Å²) < 4.78 is 0. The zero-order chi connectivity index (χ0) is 16.9. The second kappa shape index (κ2) is 7.82. The van der Waals surface area contributed by atoms with Crippen LogP contribution in [0.1, 0.15) is 68.2 Å². The minimum atomic E-state index is -0.470. The van der Waals surface area contributed by atoms with E-state index in [1.807, 2.05) is 6.92 Å². The summed E-state index contributed by atoms with van der Waals surface area (Å²) in [6, 6.07) is 6.34. The number of nitrogens with zero attached hydrogens (tertiary/aromatic N) is 1. The molecule has 1 aliphatic carbocycles. The molecule has 0 spiro atoms. The van der Waals surface area contributed by atoms with Crippen molar-refractivity contribution in [1.82, 2.24) is 10.2 Å². The summed E-state index contributed by atoms with van der Waals surface area (Å²) in [6.45, 7) is 3.37. The number of hydrogen-bond donors (Lipinski definition) is 1. The van der Waals surface area contributed by atoms with Crippen molar-refractivity contribution in [3.8, 4) is 0 Å². The summed E-state index contributed by atoms with van der Waals surface area (Å²) in [5, 5.41) is 2.89. The number of carbonyl (C=O) groups excluding carboxylic acids is 2. The highest BCUT2D eigenvalue weighted by atomic mass is 16.2. The van der Waals surface area contributed by atoms with Crippen LogP contribution in [0.15, 0.2) is 18.2 Å². The Morgan fingerprint density at radius 2 is 1.62 bits per heavy atom. The molecule has 1 aromatic rings. The quantitative estimate of drug-likeness (QED) is 0.848. The molecular formula is C20H28N2O2. The van der Waals surface area contributed by atoms with Crippen molar-refractivity contribution in [2.75, 3.05) is 13.1 Å². The number of amides is 2. The summed E-state index contributed by atoms with van der Waals surface area (Å²) in [7, 11) is 0. The molecule has 1 atom stereocenters. The lowest BCUT2D eigenvalue weighted by atomic mass is 9.89. The fraction of sp³-hybridized carbons (Fsp3) is 0.600. The first-order valence-corrected chi connectivity index (χ1v) is 9.36. The molecule has 4 nitrogen and oxygen atoms in total. The van der Waals surface area contributed by atoms with E-state index in [0.717, 1.165) is 44.1 Å². The molecule has 1 heterocycles. The predicted octanol–water partition coefficient (Wildman–Crippen LogP) is 3.15. The van der Waals surface area contributed by atoms with Gasteiger partial charge in [-0.2, -0.15) is 0 Å². The van der Waals surface area contributed by atoms with Crippen LogP contribution < -0.4 is 5.32 Å². The van der Waals surface area contributed by atoms with E-state index in [1.54, 1.807) is 4.90 Å². The molecule has 4 heteroatoms. The Morgan fingerprint density at radius 1 is 0.958 bits per heavy atom. The number of likely N-dealkylation sites (tertiary alicyclic amines) is 1. The van der Waals surface area contributed by atoms with Crippen LogP contribution >= 0.6 is 0 Å². The number of carbonyl (C=O) groups is 2. The van der Waals surface area contributed by atoms with Gasteiger partial charge >= 0.3 is 11.8 Å². The van der Waals surface area contributed by atoms with Crippen molar-refractivity contribution in [3.63, 3.8) is 0 Å². The molecule has 1 N–H and O–H groups in total. The Morgan fingerprint density at radius 3 is 2.33 bits per heavy atom.